The first kappa shape index (κ1) is 77.1. The van der Waals surface area contributed by atoms with Crippen LogP contribution in [-0.4, -0.2) is 213 Å². The van der Waals surface area contributed by atoms with E-state index in [1.807, 2.05) is 18.2 Å². The molecule has 7 aliphatic heterocycles. The van der Waals surface area contributed by atoms with Crippen LogP contribution in [0.4, 0.5) is 21.0 Å². The number of anilines is 2. The van der Waals surface area contributed by atoms with Crippen LogP contribution in [0.15, 0.2) is 85.1 Å². The SMILES string of the molecule is C=C1C[C@H]2C(OC3CCCCO3)N(C(=O)OC(C)(C)C)c3cc(OCc4cc(COc5cc6c(cc5OC)C(=O)N5CC(=C)C[C@H]5[C@H](OC5CCCCO5)N6C(=O)OC(C)(C)C)cc(-c5cn(CCOCCOCCOCCNC(=O)CCCCCN6C(=O)C=CC6=O)nn5)c4)c(OC)cc3C(=O)N2C1. The first-order chi connectivity index (χ1) is 50.4. The molecule has 0 aliphatic carbocycles. The lowest BCUT2D eigenvalue weighted by Gasteiger charge is -2.39. The molecule has 29 nitrogen and oxygen atoms in total. The van der Waals surface area contributed by atoms with E-state index in [0.29, 0.717) is 140 Å². The highest BCUT2D eigenvalue weighted by Gasteiger charge is 2.51. The summed E-state index contributed by atoms with van der Waals surface area (Å²) in [7, 11) is 2.94. The van der Waals surface area contributed by atoms with Crippen molar-refractivity contribution in [3.05, 3.63) is 107 Å². The topological polar surface area (TPSA) is 298 Å². The van der Waals surface area contributed by atoms with Crippen LogP contribution < -0.4 is 34.1 Å². The molecule has 29 heteroatoms. The third-order valence-electron chi connectivity index (χ3n) is 18.5. The molecule has 105 heavy (non-hydrogen) atoms. The Labute approximate surface area is 612 Å². The Balaban J connectivity index is 0.815. The smallest absolute Gasteiger partial charge is 0.417 e. The monoisotopic (exact) mass is 1460 g/mol. The summed E-state index contributed by atoms with van der Waals surface area (Å²) in [6.45, 7) is 23.3. The molecule has 4 saturated heterocycles. The third-order valence-corrected chi connectivity index (χ3v) is 18.5. The van der Waals surface area contributed by atoms with Crippen molar-refractivity contribution in [3.63, 3.8) is 0 Å². The van der Waals surface area contributed by atoms with E-state index in [1.165, 1.54) is 41.1 Å². The second-order valence-electron chi connectivity index (χ2n) is 28.9. The highest BCUT2D eigenvalue weighted by molar-refractivity contribution is 6.13. The number of aromatic nitrogens is 3. The first-order valence-electron chi connectivity index (χ1n) is 36.2. The van der Waals surface area contributed by atoms with Gasteiger partial charge in [0.15, 0.2) is 48.0 Å². The Morgan fingerprint density at radius 1 is 0.590 bits per heavy atom. The van der Waals surface area contributed by atoms with Crippen LogP contribution in [0.3, 0.4) is 0 Å². The third kappa shape index (κ3) is 19.8. The van der Waals surface area contributed by atoms with Crippen molar-refractivity contribution in [3.8, 4) is 34.3 Å². The average molecular weight is 1460 g/mol. The number of methoxy groups -OCH3 is 2. The maximum atomic E-state index is 14.9. The molecule has 3 aromatic carbocycles. The number of rotatable bonds is 31. The van der Waals surface area contributed by atoms with E-state index in [-0.39, 0.29) is 108 Å². The molecule has 1 N–H and O–H groups in total. The molecule has 0 saturated carbocycles. The molecule has 4 aromatic rings. The Morgan fingerprint density at radius 2 is 1.09 bits per heavy atom. The molecule has 8 heterocycles. The van der Waals surface area contributed by atoms with Gasteiger partial charge in [-0.15, -0.1) is 5.10 Å². The fourth-order valence-electron chi connectivity index (χ4n) is 13.6. The quantitative estimate of drug-likeness (QED) is 0.0278. The maximum absolute atomic E-state index is 14.9. The van der Waals surface area contributed by atoms with Gasteiger partial charge in [-0.2, -0.15) is 0 Å². The molecule has 0 radical (unpaired) electrons. The van der Waals surface area contributed by atoms with E-state index in [9.17, 15) is 33.6 Å². The number of amides is 7. The summed E-state index contributed by atoms with van der Waals surface area (Å²) in [5.74, 6) is -0.608. The van der Waals surface area contributed by atoms with Crippen LogP contribution in [0.1, 0.15) is 150 Å². The number of fused-ring (bicyclic) bond motifs is 4. The van der Waals surface area contributed by atoms with Gasteiger partial charge in [0.05, 0.1) is 101 Å². The van der Waals surface area contributed by atoms with Crippen molar-refractivity contribution in [2.75, 3.05) is 103 Å². The van der Waals surface area contributed by atoms with Gasteiger partial charge in [0.25, 0.3) is 23.6 Å². The lowest BCUT2D eigenvalue weighted by atomic mass is 10.0. The number of imide groups is 1. The molecule has 6 atom stereocenters. The predicted octanol–water partition coefficient (Wildman–Crippen LogP) is 9.56. The van der Waals surface area contributed by atoms with Gasteiger partial charge in [-0.05, 0) is 147 Å². The van der Waals surface area contributed by atoms with Gasteiger partial charge in [-0.1, -0.05) is 35.9 Å². The summed E-state index contributed by atoms with van der Waals surface area (Å²) in [5, 5.41) is 11.9. The number of carbonyl (C=O) groups excluding carboxylic acids is 7. The second-order valence-corrected chi connectivity index (χ2v) is 28.9. The fraction of sp³-hybridized carbons (Fsp3) is 0.566. The second kappa shape index (κ2) is 35.0. The molecule has 3 unspecified atom stereocenters. The lowest BCUT2D eigenvalue weighted by Crippen LogP contribution is -2.54. The zero-order valence-corrected chi connectivity index (χ0v) is 61.5. The normalized spacial score (nSPS) is 21.1. The number of hydrogen-bond donors (Lipinski definition) is 1. The van der Waals surface area contributed by atoms with Crippen LogP contribution in [0.5, 0.6) is 23.0 Å². The van der Waals surface area contributed by atoms with Gasteiger partial charge in [0.2, 0.25) is 5.91 Å². The van der Waals surface area contributed by atoms with Gasteiger partial charge in [0.1, 0.15) is 30.1 Å². The Hall–Kier alpha value is -8.97. The van der Waals surface area contributed by atoms with Crippen LogP contribution >= 0.6 is 0 Å². The van der Waals surface area contributed by atoms with Crippen molar-refractivity contribution in [1.82, 2.24) is 35.0 Å². The highest BCUT2D eigenvalue weighted by atomic mass is 16.7. The minimum atomic E-state index is -1.05. The number of nitrogens with zero attached hydrogens (tertiary/aromatic N) is 8. The van der Waals surface area contributed by atoms with Crippen molar-refractivity contribution in [1.29, 1.82) is 0 Å². The fourth-order valence-corrected chi connectivity index (χ4v) is 13.6. The summed E-state index contributed by atoms with van der Waals surface area (Å²) in [6, 6.07) is 10.8. The predicted molar refractivity (Wildman–Crippen MR) is 381 cm³/mol. The molecule has 4 fully saturated rings. The van der Waals surface area contributed by atoms with Crippen molar-refractivity contribution < 1.29 is 95.1 Å². The van der Waals surface area contributed by atoms with Crippen molar-refractivity contribution >= 4 is 53.1 Å². The zero-order valence-electron chi connectivity index (χ0n) is 61.5. The van der Waals surface area contributed by atoms with Gasteiger partial charge in [-0.3, -0.25) is 28.9 Å². The Kier molecular flexibility index (Phi) is 25.7. The maximum Gasteiger partial charge on any atom is 0.417 e. The van der Waals surface area contributed by atoms with E-state index < -0.39 is 60.5 Å². The Bertz CT molecular complexity index is 3650. The van der Waals surface area contributed by atoms with Crippen LogP contribution in [0.25, 0.3) is 11.3 Å². The lowest BCUT2D eigenvalue weighted by molar-refractivity contribution is -0.196. The van der Waals surface area contributed by atoms with Crippen molar-refractivity contribution in [2.45, 2.75) is 187 Å². The average Bonchev–Trinajstić information content (AvgIpc) is 1.61. The van der Waals surface area contributed by atoms with Crippen LogP contribution in [0.2, 0.25) is 0 Å². The molecule has 0 bridgehead atoms. The van der Waals surface area contributed by atoms with Crippen molar-refractivity contribution in [2.24, 2.45) is 0 Å². The van der Waals surface area contributed by atoms with Crippen LogP contribution in [-0.2, 0) is 76.8 Å². The number of carbonyl (C=O) groups is 7. The number of benzene rings is 3. The largest absolute Gasteiger partial charge is 0.493 e. The molecule has 568 valence electrons. The van der Waals surface area contributed by atoms with Gasteiger partial charge < -0.3 is 76.7 Å². The molecule has 7 aliphatic rings. The summed E-state index contributed by atoms with van der Waals surface area (Å²) < 4.78 is 82.4. The number of unbranched alkanes of at least 4 members (excludes halogenated alkanes) is 2. The van der Waals surface area contributed by atoms with Gasteiger partial charge in [-0.25, -0.2) is 24.1 Å². The summed E-state index contributed by atoms with van der Waals surface area (Å²) in [6.07, 6.45) is 7.08. The van der Waals surface area contributed by atoms with E-state index >= 15 is 0 Å². The van der Waals surface area contributed by atoms with Crippen LogP contribution in [0, 0.1) is 0 Å². The highest BCUT2D eigenvalue weighted by Crippen LogP contribution is 2.46. The molecule has 0 spiro atoms. The molecule has 11 rings (SSSR count). The molecule has 7 amide bonds. The molecule has 1 aromatic heterocycles. The van der Waals surface area contributed by atoms with E-state index in [2.05, 4.69) is 28.8 Å². The first-order valence-corrected chi connectivity index (χ1v) is 36.2. The van der Waals surface area contributed by atoms with Gasteiger partial charge >= 0.3 is 12.2 Å². The zero-order chi connectivity index (χ0) is 74.5. The van der Waals surface area contributed by atoms with E-state index in [4.69, 9.17) is 61.6 Å². The molecular formula is C76H99N9O20. The standard InChI is InChI=1S/C76H99N9O20/c1-48-34-58-71(102-67-19-13-16-26-98-67)84(73(91)104-75(3,4)5)56-41-62(60(93-9)39-53(56)69(89)82(58)43-48)100-46-50-36-51(38-52(37-50)55-45-80(79-78-55)25-29-96-31-33-97-32-30-95-28-23-77-64(86)18-12-11-15-24-81-65(87)21-22-66(81)88)47-101-63-42-57-54(40-61(63)94-10)70(90)83-44-49(2)35-59(83)72(103-68-20-14-17-27-99-68)85(57)74(92)105-76(6,7)8/h21-22,36-42,45,58-59,67-68,71-72H,1-2,11-20,23-35,43-44,46-47H2,3-10H3,(H,77,86)/t58-,59-,67?,68?,71-,72?/m0/s1. The Morgan fingerprint density at radius 3 is 1.56 bits per heavy atom. The van der Waals surface area contributed by atoms with Gasteiger partial charge in [0, 0.05) is 75.7 Å². The summed E-state index contributed by atoms with van der Waals surface area (Å²) in [5.41, 5.74) is 2.79. The molecular weight excluding hydrogens is 1360 g/mol. The minimum Gasteiger partial charge on any atom is -0.493 e. The summed E-state index contributed by atoms with van der Waals surface area (Å²) >= 11 is 0. The number of ether oxygens (including phenoxy) is 13. The number of nitrogens with one attached hydrogen (secondary N) is 1. The van der Waals surface area contributed by atoms with E-state index in [1.54, 1.807) is 86.5 Å². The summed E-state index contributed by atoms with van der Waals surface area (Å²) in [4.78, 5) is 103. The number of hydrogen-bond acceptors (Lipinski definition) is 22. The van der Waals surface area contributed by atoms with E-state index in [0.717, 1.165) is 36.8 Å². The minimum absolute atomic E-state index is 0.0935.